The van der Waals surface area contributed by atoms with Crippen molar-refractivity contribution in [3.05, 3.63) is 0 Å². The van der Waals surface area contributed by atoms with Crippen molar-refractivity contribution in [2.24, 2.45) is 11.3 Å². The number of hydrogen-bond donors (Lipinski definition) is 1. The van der Waals surface area contributed by atoms with Crippen molar-refractivity contribution in [2.45, 2.75) is 75.4 Å². The Morgan fingerprint density at radius 3 is 2.82 bits per heavy atom. The summed E-state index contributed by atoms with van der Waals surface area (Å²) in [6.45, 7) is 6.23. The second kappa shape index (κ2) is 5.20. The number of ether oxygens (including phenoxy) is 1. The van der Waals surface area contributed by atoms with Crippen molar-refractivity contribution in [1.82, 2.24) is 4.90 Å². The third-order valence-electron chi connectivity index (χ3n) is 6.24. The van der Waals surface area contributed by atoms with Gasteiger partial charge in [0.1, 0.15) is 10.9 Å². The molecule has 1 spiro atoms. The highest BCUT2D eigenvalue weighted by molar-refractivity contribution is 9.10. The van der Waals surface area contributed by atoms with Crippen LogP contribution in [0.4, 0.5) is 4.79 Å². The van der Waals surface area contributed by atoms with Crippen molar-refractivity contribution in [3.63, 3.8) is 0 Å². The first kappa shape index (κ1) is 16.2. The molecule has 5 atom stereocenters. The predicted octanol–water partition coefficient (Wildman–Crippen LogP) is 2.84. The van der Waals surface area contributed by atoms with Gasteiger partial charge in [-0.1, -0.05) is 43.1 Å². The fourth-order valence-electron chi connectivity index (χ4n) is 4.92. The normalized spacial score (nSPS) is 37.9. The van der Waals surface area contributed by atoms with E-state index in [0.717, 1.165) is 25.7 Å². The molecule has 6 heteroatoms. The van der Waals surface area contributed by atoms with E-state index in [-0.39, 0.29) is 17.4 Å². The number of carbonyl (C=O) groups excluding carboxylic acids is 2. The van der Waals surface area contributed by atoms with Gasteiger partial charge < -0.3 is 9.84 Å². The number of halogens is 1. The molecule has 0 aromatic heterocycles. The third kappa shape index (κ3) is 1.86. The Morgan fingerprint density at radius 1 is 1.55 bits per heavy atom. The molecular weight excluding hydrogens is 350 g/mol. The summed E-state index contributed by atoms with van der Waals surface area (Å²) in [5.41, 5.74) is -0.675. The number of carbonyl (C=O) groups is 2. The Bertz CT molecular complexity index is 508. The summed E-state index contributed by atoms with van der Waals surface area (Å²) >= 11 is 3.30. The van der Waals surface area contributed by atoms with E-state index in [0.29, 0.717) is 12.3 Å². The summed E-state index contributed by atoms with van der Waals surface area (Å²) in [5.74, 6) is 0.124. The van der Waals surface area contributed by atoms with E-state index in [4.69, 9.17) is 4.74 Å². The van der Waals surface area contributed by atoms with E-state index in [1.165, 1.54) is 4.90 Å². The third-order valence-corrected chi connectivity index (χ3v) is 7.25. The SMILES string of the molecule is CCC[C@H](O)[C@@H](Br)C(=O)N1C(=O)OC2CC3CCC21C3(C)C. The van der Waals surface area contributed by atoms with Crippen molar-refractivity contribution in [3.8, 4) is 0 Å². The summed E-state index contributed by atoms with van der Waals surface area (Å²) < 4.78 is 5.53. The van der Waals surface area contributed by atoms with Gasteiger partial charge in [0.25, 0.3) is 0 Å². The highest BCUT2D eigenvalue weighted by Gasteiger charge is 2.74. The minimum atomic E-state index is -0.789. The Hall–Kier alpha value is -0.620. The molecule has 2 aliphatic carbocycles. The molecule has 1 N–H and O–H groups in total. The molecule has 0 aromatic rings. The van der Waals surface area contributed by atoms with Crippen LogP contribution in [0.25, 0.3) is 0 Å². The van der Waals surface area contributed by atoms with Crippen LogP contribution in [0.1, 0.15) is 52.9 Å². The molecule has 5 nitrogen and oxygen atoms in total. The maximum absolute atomic E-state index is 12.9. The first-order chi connectivity index (χ1) is 10.3. The molecule has 1 heterocycles. The highest BCUT2D eigenvalue weighted by Crippen LogP contribution is 2.66. The molecule has 2 bridgehead atoms. The number of hydrogen-bond acceptors (Lipinski definition) is 4. The van der Waals surface area contributed by atoms with Gasteiger partial charge in [-0.25, -0.2) is 9.69 Å². The Morgan fingerprint density at radius 2 is 2.23 bits per heavy atom. The van der Waals surface area contributed by atoms with E-state index >= 15 is 0 Å². The smallest absolute Gasteiger partial charge is 0.417 e. The van der Waals surface area contributed by atoms with Crippen LogP contribution in [-0.2, 0) is 9.53 Å². The van der Waals surface area contributed by atoms with Crippen molar-refractivity contribution in [2.75, 3.05) is 0 Å². The second-order valence-electron chi connectivity index (χ2n) is 7.42. The lowest BCUT2D eigenvalue weighted by Crippen LogP contribution is -2.59. The molecule has 0 radical (unpaired) electrons. The van der Waals surface area contributed by atoms with Gasteiger partial charge in [0.05, 0.1) is 11.6 Å². The molecule has 124 valence electrons. The zero-order valence-corrected chi connectivity index (χ0v) is 14.9. The molecule has 2 saturated carbocycles. The molecule has 2 amide bonds. The number of amides is 2. The molecular formula is C16H24BrNO4. The lowest BCUT2D eigenvalue weighted by atomic mass is 9.74. The van der Waals surface area contributed by atoms with Gasteiger partial charge in [0.15, 0.2) is 0 Å². The number of nitrogens with zero attached hydrogens (tertiary/aromatic N) is 1. The average molecular weight is 374 g/mol. The van der Waals surface area contributed by atoms with Crippen LogP contribution < -0.4 is 0 Å². The van der Waals surface area contributed by atoms with Crippen molar-refractivity contribution >= 4 is 27.9 Å². The zero-order chi connectivity index (χ0) is 16.3. The summed E-state index contributed by atoms with van der Waals surface area (Å²) in [5, 5.41) is 10.1. The van der Waals surface area contributed by atoms with E-state index in [9.17, 15) is 14.7 Å². The summed E-state index contributed by atoms with van der Waals surface area (Å²) in [7, 11) is 0. The summed E-state index contributed by atoms with van der Waals surface area (Å²) in [4.78, 5) is 25.8. The molecule has 1 saturated heterocycles. The lowest BCUT2D eigenvalue weighted by molar-refractivity contribution is -0.135. The van der Waals surface area contributed by atoms with Gasteiger partial charge in [-0.3, -0.25) is 4.79 Å². The van der Waals surface area contributed by atoms with Crippen LogP contribution in [0.5, 0.6) is 0 Å². The number of fused-ring (bicyclic) bond motifs is 1. The maximum atomic E-state index is 12.9. The van der Waals surface area contributed by atoms with E-state index in [1.54, 1.807) is 0 Å². The van der Waals surface area contributed by atoms with E-state index in [2.05, 4.69) is 29.8 Å². The summed E-state index contributed by atoms with van der Waals surface area (Å²) in [6, 6.07) is 0. The number of rotatable bonds is 4. The van der Waals surface area contributed by atoms with Crippen LogP contribution in [0.15, 0.2) is 0 Å². The van der Waals surface area contributed by atoms with Crippen LogP contribution in [0.3, 0.4) is 0 Å². The van der Waals surface area contributed by atoms with Crippen LogP contribution in [-0.4, -0.2) is 44.6 Å². The van der Waals surface area contributed by atoms with Crippen LogP contribution >= 0.6 is 15.9 Å². The monoisotopic (exact) mass is 373 g/mol. The second-order valence-corrected chi connectivity index (χ2v) is 8.41. The molecule has 1 aliphatic heterocycles. The van der Waals surface area contributed by atoms with Gasteiger partial charge in [0.2, 0.25) is 5.91 Å². The Kier molecular flexibility index (Phi) is 3.84. The van der Waals surface area contributed by atoms with E-state index in [1.807, 2.05) is 6.92 Å². The fourth-order valence-corrected chi connectivity index (χ4v) is 5.39. The van der Waals surface area contributed by atoms with Crippen molar-refractivity contribution < 1.29 is 19.4 Å². The standard InChI is InChI=1S/C16H24BrNO4/c1-4-5-10(19)12(17)13(20)18-14(21)22-11-8-9-6-7-16(11,18)15(9,2)3/h9-12,19H,4-8H2,1-3H3/t9?,10-,11?,12+,16?/m0/s1. The van der Waals surface area contributed by atoms with Gasteiger partial charge in [-0.2, -0.15) is 0 Å². The minimum Gasteiger partial charge on any atom is -0.443 e. The van der Waals surface area contributed by atoms with Gasteiger partial charge >= 0.3 is 6.09 Å². The summed E-state index contributed by atoms with van der Waals surface area (Å²) in [6.07, 6.45) is 2.44. The minimum absolute atomic E-state index is 0.137. The quantitative estimate of drug-likeness (QED) is 0.769. The highest BCUT2D eigenvalue weighted by atomic mass is 79.9. The number of alkyl halides is 1. The molecule has 22 heavy (non-hydrogen) atoms. The van der Waals surface area contributed by atoms with Crippen LogP contribution in [0, 0.1) is 11.3 Å². The maximum Gasteiger partial charge on any atom is 0.417 e. The topological polar surface area (TPSA) is 66.8 Å². The average Bonchev–Trinajstić information content (AvgIpc) is 2.97. The van der Waals surface area contributed by atoms with Gasteiger partial charge in [-0.05, 0) is 37.0 Å². The molecule has 3 rings (SSSR count). The van der Waals surface area contributed by atoms with Gasteiger partial charge in [0, 0.05) is 0 Å². The van der Waals surface area contributed by atoms with Crippen LogP contribution in [0.2, 0.25) is 0 Å². The number of imide groups is 1. The van der Waals surface area contributed by atoms with Crippen molar-refractivity contribution in [1.29, 1.82) is 0 Å². The molecule has 3 aliphatic rings. The fraction of sp³-hybridized carbons (Fsp3) is 0.875. The van der Waals surface area contributed by atoms with Gasteiger partial charge in [-0.15, -0.1) is 0 Å². The zero-order valence-electron chi connectivity index (χ0n) is 13.3. The first-order valence-corrected chi connectivity index (χ1v) is 9.05. The largest absolute Gasteiger partial charge is 0.443 e. The van der Waals surface area contributed by atoms with E-state index < -0.39 is 22.6 Å². The number of aliphatic hydroxyl groups excluding tert-OH is 1. The Balaban J connectivity index is 1.92. The first-order valence-electron chi connectivity index (χ1n) is 8.14. The Labute approximate surface area is 139 Å². The number of aliphatic hydroxyl groups is 1. The molecule has 0 aromatic carbocycles. The lowest BCUT2D eigenvalue weighted by Gasteiger charge is -2.42. The molecule has 3 fully saturated rings. The molecule has 3 unspecified atom stereocenters. The predicted molar refractivity (Wildman–Crippen MR) is 84.6 cm³/mol.